The number of carbonyl (C=O) groups is 2. The molecule has 442 valence electrons. The zero-order valence-corrected chi connectivity index (χ0v) is 48.9. The Morgan fingerprint density at radius 2 is 0.880 bits per heavy atom. The fourth-order valence-electron chi connectivity index (χ4n) is 10.2. The molecule has 1 aliphatic heterocycles. The van der Waals surface area contributed by atoms with Crippen molar-refractivity contribution in [2.24, 2.45) is 0 Å². The molecular weight excluding hydrogens is 943 g/mol. The van der Waals surface area contributed by atoms with Gasteiger partial charge in [0, 0.05) is 6.42 Å². The van der Waals surface area contributed by atoms with Gasteiger partial charge < -0.3 is 45.1 Å². The van der Waals surface area contributed by atoms with Gasteiger partial charge in [0.15, 0.2) is 12.4 Å². The van der Waals surface area contributed by atoms with Crippen LogP contribution >= 0.6 is 0 Å². The highest BCUT2D eigenvalue weighted by atomic mass is 16.7. The van der Waals surface area contributed by atoms with E-state index in [0.717, 1.165) is 57.8 Å². The number of aliphatic hydroxyl groups is 5. The summed E-state index contributed by atoms with van der Waals surface area (Å²) in [7, 11) is 0. The van der Waals surface area contributed by atoms with Crippen LogP contribution in [0.25, 0.3) is 0 Å². The molecule has 1 saturated heterocycles. The molecule has 0 saturated carbocycles. The predicted octanol–water partition coefficient (Wildman–Crippen LogP) is 15.3. The van der Waals surface area contributed by atoms with Crippen LogP contribution in [-0.2, 0) is 23.8 Å². The SMILES string of the molecule is CCCCCCCC/C=C/CCCCCCCCCCCCCCC(O)C(=O)NC(COC1OC(CO)C(O)C(O)C1OC(=O)CCCCCCCCCCCCC)C(O)/C=C/CCCCCCCCCCCCC. The molecule has 0 aromatic carbocycles. The van der Waals surface area contributed by atoms with Crippen LogP contribution < -0.4 is 5.32 Å². The third kappa shape index (κ3) is 40.9. The molecule has 0 aromatic rings. The largest absolute Gasteiger partial charge is 0.454 e. The summed E-state index contributed by atoms with van der Waals surface area (Å²) in [5.74, 6) is -1.18. The topological polar surface area (TPSA) is 175 Å². The van der Waals surface area contributed by atoms with Crippen molar-refractivity contribution < 1.29 is 49.3 Å². The molecule has 8 unspecified atom stereocenters. The number of ether oxygens (including phenoxy) is 3. The maximum atomic E-state index is 13.4. The van der Waals surface area contributed by atoms with Crippen molar-refractivity contribution in [3.63, 3.8) is 0 Å². The Balaban J connectivity index is 2.62. The fourth-order valence-corrected chi connectivity index (χ4v) is 10.2. The van der Waals surface area contributed by atoms with Crippen LogP contribution in [0.5, 0.6) is 0 Å². The Hall–Kier alpha value is -1.86. The zero-order chi connectivity index (χ0) is 54.7. The zero-order valence-electron chi connectivity index (χ0n) is 48.9. The molecule has 0 radical (unpaired) electrons. The Morgan fingerprint density at radius 1 is 0.507 bits per heavy atom. The van der Waals surface area contributed by atoms with Crippen molar-refractivity contribution in [2.75, 3.05) is 13.2 Å². The summed E-state index contributed by atoms with van der Waals surface area (Å²) in [6, 6.07) is -1.02. The highest BCUT2D eigenvalue weighted by Gasteiger charge is 2.47. The van der Waals surface area contributed by atoms with E-state index in [1.807, 2.05) is 6.08 Å². The van der Waals surface area contributed by atoms with E-state index in [9.17, 15) is 35.1 Å². The van der Waals surface area contributed by atoms with E-state index in [4.69, 9.17) is 14.2 Å². The van der Waals surface area contributed by atoms with Crippen LogP contribution in [-0.4, -0.2) is 99.6 Å². The van der Waals surface area contributed by atoms with Gasteiger partial charge in [-0.25, -0.2) is 0 Å². The van der Waals surface area contributed by atoms with Crippen LogP contribution in [0, 0.1) is 0 Å². The van der Waals surface area contributed by atoms with Gasteiger partial charge in [-0.15, -0.1) is 0 Å². The molecule has 1 fully saturated rings. The lowest BCUT2D eigenvalue weighted by atomic mass is 9.99. The number of allylic oxidation sites excluding steroid dienone is 3. The Bertz CT molecular complexity index is 1310. The van der Waals surface area contributed by atoms with Gasteiger partial charge in [-0.3, -0.25) is 9.59 Å². The van der Waals surface area contributed by atoms with Gasteiger partial charge in [-0.1, -0.05) is 276 Å². The summed E-state index contributed by atoms with van der Waals surface area (Å²) in [4.78, 5) is 26.5. The number of carbonyl (C=O) groups excluding carboxylic acids is 2. The standard InChI is InChI=1S/C64H121NO10/c1-4-7-10-13-16-19-22-24-25-26-27-28-29-30-31-32-34-37-39-42-45-48-51-57(68)63(72)65-55(56(67)50-47-44-41-38-36-33-23-20-17-14-11-8-5-2)54-73-64-62(61(71)60(70)58(53-66)74-64)75-59(69)52-49-46-43-40-35-21-18-15-12-9-6-3/h24-25,47,50,55-58,60-62,64,66-68,70-71H,4-23,26-46,48-49,51-54H2,1-3H3,(H,65,72)/b25-24+,50-47+. The van der Waals surface area contributed by atoms with Crippen LogP contribution in [0.3, 0.4) is 0 Å². The number of hydrogen-bond acceptors (Lipinski definition) is 10. The van der Waals surface area contributed by atoms with Gasteiger partial charge in [0.05, 0.1) is 25.4 Å². The summed E-state index contributed by atoms with van der Waals surface area (Å²) < 4.78 is 17.6. The molecule has 1 amide bonds. The van der Waals surface area contributed by atoms with E-state index < -0.39 is 67.4 Å². The van der Waals surface area contributed by atoms with E-state index in [1.165, 1.54) is 205 Å². The average Bonchev–Trinajstić information content (AvgIpc) is 3.41. The highest BCUT2D eigenvalue weighted by molar-refractivity contribution is 5.80. The van der Waals surface area contributed by atoms with Gasteiger partial charge in [0.2, 0.25) is 5.91 Å². The molecule has 1 heterocycles. The Labute approximate surface area is 461 Å². The first-order chi connectivity index (χ1) is 36.7. The van der Waals surface area contributed by atoms with Gasteiger partial charge >= 0.3 is 5.97 Å². The predicted molar refractivity (Wildman–Crippen MR) is 311 cm³/mol. The quantitative estimate of drug-likeness (QED) is 0.0195. The molecule has 11 nitrogen and oxygen atoms in total. The van der Waals surface area contributed by atoms with E-state index in [2.05, 4.69) is 38.2 Å². The van der Waals surface area contributed by atoms with E-state index in [-0.39, 0.29) is 13.0 Å². The van der Waals surface area contributed by atoms with Crippen molar-refractivity contribution in [3.8, 4) is 0 Å². The molecular formula is C64H121NO10. The first-order valence-corrected chi connectivity index (χ1v) is 32.1. The summed E-state index contributed by atoms with van der Waals surface area (Å²) in [5, 5.41) is 57.0. The van der Waals surface area contributed by atoms with Crippen LogP contribution in [0.2, 0.25) is 0 Å². The maximum absolute atomic E-state index is 13.4. The van der Waals surface area contributed by atoms with E-state index >= 15 is 0 Å². The van der Waals surface area contributed by atoms with Gasteiger partial charge in [0.25, 0.3) is 0 Å². The van der Waals surface area contributed by atoms with E-state index in [0.29, 0.717) is 19.3 Å². The molecule has 8 atom stereocenters. The summed E-state index contributed by atoms with van der Waals surface area (Å²) in [5.41, 5.74) is 0. The molecule has 75 heavy (non-hydrogen) atoms. The second kappa shape index (κ2) is 52.8. The highest BCUT2D eigenvalue weighted by Crippen LogP contribution is 2.26. The molecule has 0 bridgehead atoms. The third-order valence-electron chi connectivity index (χ3n) is 15.4. The average molecular weight is 1060 g/mol. The van der Waals surface area contributed by atoms with Crippen molar-refractivity contribution in [2.45, 2.75) is 359 Å². The normalized spacial score (nSPS) is 19.3. The lowest BCUT2D eigenvalue weighted by Crippen LogP contribution is -2.61. The maximum Gasteiger partial charge on any atom is 0.306 e. The lowest BCUT2D eigenvalue weighted by molar-refractivity contribution is -0.305. The van der Waals surface area contributed by atoms with Crippen molar-refractivity contribution in [3.05, 3.63) is 24.3 Å². The van der Waals surface area contributed by atoms with Crippen molar-refractivity contribution in [1.82, 2.24) is 5.32 Å². The molecule has 1 rings (SSSR count). The van der Waals surface area contributed by atoms with E-state index in [1.54, 1.807) is 6.08 Å². The van der Waals surface area contributed by atoms with Gasteiger partial charge in [-0.05, 0) is 51.4 Å². The molecule has 11 heteroatoms. The van der Waals surface area contributed by atoms with Crippen LogP contribution in [0.15, 0.2) is 24.3 Å². The Morgan fingerprint density at radius 3 is 1.29 bits per heavy atom. The van der Waals surface area contributed by atoms with Crippen LogP contribution in [0.1, 0.15) is 310 Å². The van der Waals surface area contributed by atoms with Crippen molar-refractivity contribution >= 4 is 11.9 Å². The smallest absolute Gasteiger partial charge is 0.306 e. The number of unbranched alkanes of at least 4 members (excludes halogenated alkanes) is 39. The Kier molecular flexibility index (Phi) is 50.1. The number of hydrogen-bond donors (Lipinski definition) is 6. The van der Waals surface area contributed by atoms with Gasteiger partial charge in [-0.2, -0.15) is 0 Å². The second-order valence-electron chi connectivity index (χ2n) is 22.5. The first kappa shape index (κ1) is 71.2. The summed E-state index contributed by atoms with van der Waals surface area (Å²) in [6.45, 7) is 5.80. The third-order valence-corrected chi connectivity index (χ3v) is 15.4. The van der Waals surface area contributed by atoms with Crippen molar-refractivity contribution in [1.29, 1.82) is 0 Å². The summed E-state index contributed by atoms with van der Waals surface area (Å²) >= 11 is 0. The molecule has 0 aromatic heterocycles. The van der Waals surface area contributed by atoms with Gasteiger partial charge in [0.1, 0.15) is 24.4 Å². The minimum absolute atomic E-state index is 0.129. The molecule has 6 N–H and O–H groups in total. The first-order valence-electron chi connectivity index (χ1n) is 32.1. The number of amides is 1. The van der Waals surface area contributed by atoms with Crippen LogP contribution in [0.4, 0.5) is 0 Å². The number of nitrogens with one attached hydrogen (secondary N) is 1. The molecule has 0 spiro atoms. The minimum Gasteiger partial charge on any atom is -0.454 e. The molecule has 1 aliphatic rings. The fraction of sp³-hybridized carbons (Fsp3) is 0.906. The molecule has 0 aliphatic carbocycles. The monoisotopic (exact) mass is 1060 g/mol. The second-order valence-corrected chi connectivity index (χ2v) is 22.5. The lowest BCUT2D eigenvalue weighted by Gasteiger charge is -2.41. The number of esters is 1. The number of aliphatic hydroxyl groups excluding tert-OH is 5. The minimum atomic E-state index is -1.61. The summed E-state index contributed by atoms with van der Waals surface area (Å²) in [6.07, 6.45) is 50.8. The number of rotatable bonds is 55.